The summed E-state index contributed by atoms with van der Waals surface area (Å²) in [4.78, 5) is 13.8. The van der Waals surface area contributed by atoms with Gasteiger partial charge in [-0.25, -0.2) is 15.0 Å². The predicted molar refractivity (Wildman–Crippen MR) is 350 cm³/mol. The van der Waals surface area contributed by atoms with Crippen LogP contribution in [-0.4, -0.2) is 80.6 Å². The van der Waals surface area contributed by atoms with E-state index in [1.54, 1.807) is 27.7 Å². The van der Waals surface area contributed by atoms with E-state index >= 15 is 0 Å². The first-order chi connectivity index (χ1) is 43.3. The number of aryl methyl sites for hydroxylation is 2. The van der Waals surface area contributed by atoms with Gasteiger partial charge in [0.15, 0.2) is 22.6 Å². The molecule has 0 aliphatic carbocycles. The molecule has 0 fully saturated rings. The Kier molecular flexibility index (Phi) is 15.6. The molecular formula is C69H56ClN15O3. The first-order valence-corrected chi connectivity index (χ1v) is 28.6. The summed E-state index contributed by atoms with van der Waals surface area (Å²) in [5.74, 6) is 4.15. The van der Waals surface area contributed by atoms with E-state index in [0.717, 1.165) is 129 Å². The SMILES string of the molecule is CCc1ccccc1-n1cnc2cc(Nc3nnc(Cl)c4ccccc34)ccc21.COc1ccccc1-n1cnc2cc(Nc3nnc(C)c4ccccc34)ccc21.COc1ccccc1-n1cnc2cc(Nc3nnc(OC)c4ccccc34)ccc21. The number of methoxy groups -OCH3 is 3. The molecule has 3 N–H and O–H groups in total. The highest BCUT2D eigenvalue weighted by Gasteiger charge is 2.16. The molecule has 15 rings (SSSR count). The van der Waals surface area contributed by atoms with Crippen molar-refractivity contribution < 1.29 is 14.2 Å². The van der Waals surface area contributed by atoms with Gasteiger partial charge < -0.3 is 30.2 Å². The molecule has 0 atom stereocenters. The third kappa shape index (κ3) is 11.0. The number of hydrogen-bond donors (Lipinski definition) is 3. The van der Waals surface area contributed by atoms with Gasteiger partial charge in [0.2, 0.25) is 5.88 Å². The fraction of sp³-hybridized carbons (Fsp3) is 0.0870. The number of ether oxygens (including phenoxy) is 3. The van der Waals surface area contributed by atoms with Crippen LogP contribution in [0.25, 0.3) is 82.5 Å². The molecule has 432 valence electrons. The van der Waals surface area contributed by atoms with Gasteiger partial charge in [0.05, 0.1) is 77.2 Å². The van der Waals surface area contributed by atoms with Crippen LogP contribution in [0.2, 0.25) is 5.15 Å². The lowest BCUT2D eigenvalue weighted by molar-refractivity contribution is 0.398. The van der Waals surface area contributed by atoms with Crippen LogP contribution in [0.5, 0.6) is 17.4 Å². The molecule has 0 radical (unpaired) electrons. The van der Waals surface area contributed by atoms with Crippen molar-refractivity contribution in [2.24, 2.45) is 0 Å². The van der Waals surface area contributed by atoms with E-state index in [1.807, 2.05) is 193 Å². The van der Waals surface area contributed by atoms with Crippen LogP contribution in [-0.2, 0) is 6.42 Å². The zero-order valence-electron chi connectivity index (χ0n) is 48.5. The van der Waals surface area contributed by atoms with Crippen molar-refractivity contribution in [2.75, 3.05) is 37.3 Å². The Morgan fingerprint density at radius 1 is 0.386 bits per heavy atom. The van der Waals surface area contributed by atoms with Crippen molar-refractivity contribution in [1.82, 2.24) is 59.2 Å². The number of fused-ring (bicyclic) bond motifs is 6. The molecule has 0 spiro atoms. The maximum atomic E-state index is 6.18. The van der Waals surface area contributed by atoms with Crippen LogP contribution in [0.1, 0.15) is 18.2 Å². The van der Waals surface area contributed by atoms with E-state index in [0.29, 0.717) is 22.7 Å². The Hall–Kier alpha value is -11.5. The second-order valence-electron chi connectivity index (χ2n) is 20.3. The minimum Gasteiger partial charge on any atom is -0.495 e. The van der Waals surface area contributed by atoms with E-state index < -0.39 is 0 Å². The topological polar surface area (TPSA) is 195 Å². The van der Waals surface area contributed by atoms with Crippen LogP contribution in [0, 0.1) is 6.92 Å². The Morgan fingerprint density at radius 2 is 0.773 bits per heavy atom. The average Bonchev–Trinajstić information content (AvgIpc) is 2.38. The molecule has 88 heavy (non-hydrogen) atoms. The van der Waals surface area contributed by atoms with E-state index in [4.69, 9.17) is 25.8 Å². The summed E-state index contributed by atoms with van der Waals surface area (Å²) in [6.07, 6.45) is 6.46. The quantitative estimate of drug-likeness (QED) is 0.0986. The smallest absolute Gasteiger partial charge is 0.241 e. The number of nitrogens with zero attached hydrogens (tertiary/aromatic N) is 12. The molecule has 18 nitrogen and oxygen atoms in total. The first-order valence-electron chi connectivity index (χ1n) is 28.3. The third-order valence-electron chi connectivity index (χ3n) is 15.1. The second kappa shape index (κ2) is 24.6. The fourth-order valence-electron chi connectivity index (χ4n) is 10.8. The lowest BCUT2D eigenvalue weighted by Crippen LogP contribution is -2.00. The van der Waals surface area contributed by atoms with Gasteiger partial charge in [0, 0.05) is 49.4 Å². The number of rotatable bonds is 13. The fourth-order valence-corrected chi connectivity index (χ4v) is 11.0. The summed E-state index contributed by atoms with van der Waals surface area (Å²) < 4.78 is 22.5. The summed E-state index contributed by atoms with van der Waals surface area (Å²) in [5.41, 5.74) is 13.6. The van der Waals surface area contributed by atoms with Crippen LogP contribution in [0.3, 0.4) is 0 Å². The monoisotopic (exact) mass is 1180 g/mol. The maximum absolute atomic E-state index is 6.18. The number of nitrogens with one attached hydrogen (secondary N) is 3. The van der Waals surface area contributed by atoms with Crippen molar-refractivity contribution in [2.45, 2.75) is 20.3 Å². The number of imidazole rings is 3. The Morgan fingerprint density at radius 3 is 1.26 bits per heavy atom. The van der Waals surface area contributed by atoms with Crippen molar-refractivity contribution in [3.63, 3.8) is 0 Å². The molecule has 15 aromatic rings. The number of halogens is 1. The molecule has 9 aromatic carbocycles. The first kappa shape index (κ1) is 55.7. The van der Waals surface area contributed by atoms with Crippen LogP contribution >= 0.6 is 11.6 Å². The van der Waals surface area contributed by atoms with E-state index in [-0.39, 0.29) is 0 Å². The molecule has 0 aliphatic rings. The van der Waals surface area contributed by atoms with Gasteiger partial charge in [-0.2, -0.15) is 5.10 Å². The van der Waals surface area contributed by atoms with Crippen molar-refractivity contribution in [3.8, 4) is 34.4 Å². The molecule has 0 saturated heterocycles. The lowest BCUT2D eigenvalue weighted by atomic mass is 10.1. The minimum absolute atomic E-state index is 0.398. The molecule has 0 amide bonds. The minimum atomic E-state index is 0.398. The molecule has 6 heterocycles. The van der Waals surface area contributed by atoms with Gasteiger partial charge in [-0.05, 0) is 110 Å². The highest BCUT2D eigenvalue weighted by Crippen LogP contribution is 2.35. The Balaban J connectivity index is 0.000000122. The van der Waals surface area contributed by atoms with Gasteiger partial charge in [-0.1, -0.05) is 128 Å². The van der Waals surface area contributed by atoms with Crippen molar-refractivity contribution in [3.05, 3.63) is 236 Å². The van der Waals surface area contributed by atoms with Crippen LogP contribution in [0.15, 0.2) is 219 Å². The van der Waals surface area contributed by atoms with Crippen molar-refractivity contribution >= 4 is 112 Å². The predicted octanol–water partition coefficient (Wildman–Crippen LogP) is 15.7. The van der Waals surface area contributed by atoms with E-state index in [1.165, 1.54) is 5.56 Å². The third-order valence-corrected chi connectivity index (χ3v) is 15.4. The molecule has 19 heteroatoms. The summed E-state index contributed by atoms with van der Waals surface area (Å²) in [7, 11) is 4.93. The van der Waals surface area contributed by atoms with Crippen LogP contribution < -0.4 is 30.2 Å². The summed E-state index contributed by atoms with van der Waals surface area (Å²) in [6, 6.07) is 66.2. The largest absolute Gasteiger partial charge is 0.495 e. The van der Waals surface area contributed by atoms with Gasteiger partial charge in [0.1, 0.15) is 30.5 Å². The second-order valence-corrected chi connectivity index (χ2v) is 20.7. The number of anilines is 6. The summed E-state index contributed by atoms with van der Waals surface area (Å²) in [6.45, 7) is 4.13. The van der Waals surface area contributed by atoms with Gasteiger partial charge >= 0.3 is 0 Å². The number of para-hydroxylation sites is 5. The molecule has 0 bridgehead atoms. The highest BCUT2D eigenvalue weighted by molar-refractivity contribution is 6.34. The Bertz CT molecular complexity index is 4840. The van der Waals surface area contributed by atoms with Crippen molar-refractivity contribution in [1.29, 1.82) is 0 Å². The molecule has 0 unspecified atom stereocenters. The zero-order valence-corrected chi connectivity index (χ0v) is 49.2. The average molecular weight is 1180 g/mol. The zero-order chi connectivity index (χ0) is 60.1. The number of aromatic nitrogens is 12. The van der Waals surface area contributed by atoms with Crippen LogP contribution in [0.4, 0.5) is 34.5 Å². The van der Waals surface area contributed by atoms with Gasteiger partial charge in [-0.15, -0.1) is 25.5 Å². The number of hydrogen-bond acceptors (Lipinski definition) is 15. The normalized spacial score (nSPS) is 11.1. The van der Waals surface area contributed by atoms with Gasteiger partial charge in [-0.3, -0.25) is 13.7 Å². The maximum Gasteiger partial charge on any atom is 0.241 e. The van der Waals surface area contributed by atoms with Gasteiger partial charge in [0.25, 0.3) is 0 Å². The molecular weight excluding hydrogens is 1120 g/mol. The molecule has 0 aliphatic heterocycles. The summed E-state index contributed by atoms with van der Waals surface area (Å²) in [5, 5.41) is 41.7. The molecule has 6 aromatic heterocycles. The highest BCUT2D eigenvalue weighted by atomic mass is 35.5. The molecule has 0 saturated carbocycles. The van der Waals surface area contributed by atoms with E-state index in [9.17, 15) is 0 Å². The number of benzene rings is 9. The lowest BCUT2D eigenvalue weighted by Gasteiger charge is -2.11. The Labute approximate surface area is 510 Å². The van der Waals surface area contributed by atoms with E-state index in [2.05, 4.69) is 109 Å². The summed E-state index contributed by atoms with van der Waals surface area (Å²) >= 11 is 6.18. The standard InChI is InChI=1S/C23H18ClN5.C23H19N5O2.C23H19N5O/c1-2-15-7-3-6-10-20(15)29-14-25-19-13-16(11-12-21(19)29)26-23-18-9-5-4-8-17(18)22(24)27-28-23;1-29-21-10-6-5-9-20(21)28-14-24-18-13-15(11-12-19(18)28)25-22-16-7-3-4-8-17(16)23(30-2)27-26-22;1-15-17-7-3-4-8-18(17)23(27-26-15)25-16-11-12-20-19(13-16)24-14-28(20)21-9-5-6-10-22(21)29-2/h3-14H,2H2,1H3,(H,26,28);3-14H,1-2H3,(H,25,26);3-14H,1-2H3,(H,25,27).